The zero-order valence-corrected chi connectivity index (χ0v) is 12.2. The van der Waals surface area contributed by atoms with Gasteiger partial charge in [0.15, 0.2) is 5.69 Å². The molecule has 2 aliphatic heterocycles. The van der Waals surface area contributed by atoms with Crippen LogP contribution in [0.25, 0.3) is 11.3 Å². The summed E-state index contributed by atoms with van der Waals surface area (Å²) in [6, 6.07) is 8.45. The number of anilines is 2. The molecular formula is C15H17ClN4. The van der Waals surface area contributed by atoms with Crippen molar-refractivity contribution in [2.24, 2.45) is 0 Å². The number of halogens is 1. The van der Waals surface area contributed by atoms with Gasteiger partial charge in [0.05, 0.1) is 19.2 Å². The van der Waals surface area contributed by atoms with E-state index in [0.717, 1.165) is 31.7 Å². The van der Waals surface area contributed by atoms with Crippen molar-refractivity contribution in [2.75, 3.05) is 30.4 Å². The summed E-state index contributed by atoms with van der Waals surface area (Å²) >= 11 is 0. The lowest BCUT2D eigenvalue weighted by molar-refractivity contribution is -0.674. The van der Waals surface area contributed by atoms with Gasteiger partial charge in [-0.2, -0.15) is 0 Å². The molecule has 0 unspecified atom stereocenters. The number of nitrogens with zero attached hydrogens (tertiary/aromatic N) is 3. The molecule has 2 aromatic rings. The average molecular weight is 289 g/mol. The number of fused-ring (bicyclic) bond motifs is 5. The summed E-state index contributed by atoms with van der Waals surface area (Å²) in [6.07, 6.45) is 3.01. The van der Waals surface area contributed by atoms with Crippen molar-refractivity contribution in [2.45, 2.75) is 13.0 Å². The predicted octanol–water partition coefficient (Wildman–Crippen LogP) is -1.54. The Hall–Kier alpha value is -1.81. The van der Waals surface area contributed by atoms with Crippen LogP contribution >= 0.6 is 0 Å². The number of nitrogens with one attached hydrogen (secondary N) is 1. The number of para-hydroxylation sites is 1. The van der Waals surface area contributed by atoms with Crippen LogP contribution in [0, 0.1) is 0 Å². The minimum Gasteiger partial charge on any atom is -1.00 e. The van der Waals surface area contributed by atoms with Crippen molar-refractivity contribution < 1.29 is 17.0 Å². The second-order valence-corrected chi connectivity index (χ2v) is 5.23. The summed E-state index contributed by atoms with van der Waals surface area (Å²) in [6.45, 7) is 3.09. The number of hydrogen-bond acceptors (Lipinski definition) is 3. The number of likely N-dealkylation sites (N-methyl/N-ethyl adjacent to an activating group) is 1. The van der Waals surface area contributed by atoms with E-state index >= 15 is 0 Å². The normalized spacial score (nSPS) is 15.3. The van der Waals surface area contributed by atoms with E-state index < -0.39 is 0 Å². The van der Waals surface area contributed by atoms with Crippen molar-refractivity contribution in [3.8, 4) is 11.3 Å². The van der Waals surface area contributed by atoms with Gasteiger partial charge >= 0.3 is 0 Å². The van der Waals surface area contributed by atoms with Gasteiger partial charge in [-0.3, -0.25) is 4.90 Å². The lowest BCUT2D eigenvalue weighted by atomic mass is 10.0. The number of rotatable bonds is 0. The van der Waals surface area contributed by atoms with Gasteiger partial charge in [-0.05, 0) is 18.6 Å². The van der Waals surface area contributed by atoms with E-state index in [1.54, 1.807) is 0 Å². The highest BCUT2D eigenvalue weighted by Crippen LogP contribution is 2.35. The Morgan fingerprint density at radius 1 is 1.30 bits per heavy atom. The Bertz CT molecular complexity index is 656. The third-order valence-corrected chi connectivity index (χ3v) is 4.06. The molecular weight excluding hydrogens is 272 g/mol. The number of aromatic nitrogens is 2. The second kappa shape index (κ2) is 4.94. The first-order valence-corrected chi connectivity index (χ1v) is 6.80. The summed E-state index contributed by atoms with van der Waals surface area (Å²) in [5.41, 5.74) is 4.93. The molecule has 0 saturated carbocycles. The molecule has 2 aliphatic rings. The Morgan fingerprint density at radius 3 is 3.05 bits per heavy atom. The standard InChI is InChI=1S/C15H16N4.ClH/c1-18-8-9-19-10-17-14-11-4-2-3-5-13(11)16-7-6-12(14)15(18)19;/h2-5,10H,6-9H2,1H3;1H. The van der Waals surface area contributed by atoms with Crippen LogP contribution in [0.5, 0.6) is 0 Å². The fraction of sp³-hybridized carbons (Fsp3) is 0.333. The zero-order valence-electron chi connectivity index (χ0n) is 11.4. The highest BCUT2D eigenvalue weighted by molar-refractivity contribution is 5.80. The molecule has 1 aromatic heterocycles. The third kappa shape index (κ3) is 1.83. The SMILES string of the molecule is CN1CC[n+]2cnc3c(c21)CCNc1ccccc1-3.[Cl-]. The topological polar surface area (TPSA) is 32.0 Å². The minimum atomic E-state index is 0. The van der Waals surface area contributed by atoms with Crippen LogP contribution in [0.1, 0.15) is 5.56 Å². The lowest BCUT2D eigenvalue weighted by Gasteiger charge is -2.11. The maximum atomic E-state index is 4.72. The van der Waals surface area contributed by atoms with Gasteiger partial charge in [0.25, 0.3) is 0 Å². The molecule has 1 N–H and O–H groups in total. The largest absolute Gasteiger partial charge is 1.00 e. The lowest BCUT2D eigenvalue weighted by Crippen LogP contribution is -3.00. The van der Waals surface area contributed by atoms with Crippen LogP contribution in [0.4, 0.5) is 11.5 Å². The molecule has 0 fully saturated rings. The van der Waals surface area contributed by atoms with E-state index in [0.29, 0.717) is 0 Å². The predicted molar refractivity (Wildman–Crippen MR) is 75.3 cm³/mol. The summed E-state index contributed by atoms with van der Waals surface area (Å²) in [5.74, 6) is 1.34. The number of benzene rings is 1. The summed E-state index contributed by atoms with van der Waals surface area (Å²) in [4.78, 5) is 7.06. The second-order valence-electron chi connectivity index (χ2n) is 5.23. The Kier molecular flexibility index (Phi) is 3.26. The van der Waals surface area contributed by atoms with E-state index in [1.165, 1.54) is 22.6 Å². The first kappa shape index (κ1) is 13.2. The molecule has 0 amide bonds. The van der Waals surface area contributed by atoms with Gasteiger partial charge < -0.3 is 17.7 Å². The van der Waals surface area contributed by atoms with Crippen molar-refractivity contribution in [3.05, 3.63) is 36.2 Å². The summed E-state index contributed by atoms with van der Waals surface area (Å²) < 4.78 is 2.27. The van der Waals surface area contributed by atoms with E-state index in [9.17, 15) is 0 Å². The highest BCUT2D eigenvalue weighted by atomic mass is 35.5. The molecule has 5 heteroatoms. The molecule has 3 heterocycles. The van der Waals surface area contributed by atoms with Gasteiger partial charge in [0, 0.05) is 17.8 Å². The van der Waals surface area contributed by atoms with Crippen molar-refractivity contribution in [1.82, 2.24) is 4.98 Å². The molecule has 20 heavy (non-hydrogen) atoms. The van der Waals surface area contributed by atoms with Crippen LogP contribution in [-0.4, -0.2) is 25.1 Å². The van der Waals surface area contributed by atoms with Crippen LogP contribution < -0.4 is 27.2 Å². The van der Waals surface area contributed by atoms with Gasteiger partial charge in [0.1, 0.15) is 6.54 Å². The number of hydrogen-bond donors (Lipinski definition) is 1. The molecule has 4 nitrogen and oxygen atoms in total. The zero-order chi connectivity index (χ0) is 12.8. The fourth-order valence-corrected chi connectivity index (χ4v) is 3.14. The van der Waals surface area contributed by atoms with E-state index in [1.807, 2.05) is 6.33 Å². The third-order valence-electron chi connectivity index (χ3n) is 4.06. The Labute approximate surface area is 124 Å². The first-order chi connectivity index (χ1) is 9.34. The van der Waals surface area contributed by atoms with Gasteiger partial charge in [0.2, 0.25) is 12.1 Å². The maximum Gasteiger partial charge on any atom is 0.230 e. The summed E-state index contributed by atoms with van der Waals surface area (Å²) in [7, 11) is 2.17. The molecule has 0 atom stereocenters. The van der Waals surface area contributed by atoms with Crippen LogP contribution in [0.2, 0.25) is 0 Å². The van der Waals surface area contributed by atoms with Crippen LogP contribution in [0.15, 0.2) is 30.6 Å². The van der Waals surface area contributed by atoms with Crippen molar-refractivity contribution in [1.29, 1.82) is 0 Å². The van der Waals surface area contributed by atoms with Crippen LogP contribution in [0.3, 0.4) is 0 Å². The summed E-state index contributed by atoms with van der Waals surface area (Å²) in [5, 5.41) is 3.51. The van der Waals surface area contributed by atoms with Crippen molar-refractivity contribution in [3.63, 3.8) is 0 Å². The average Bonchev–Trinajstić information content (AvgIpc) is 2.71. The smallest absolute Gasteiger partial charge is 0.230 e. The van der Waals surface area contributed by atoms with Gasteiger partial charge in [-0.25, -0.2) is 4.57 Å². The molecule has 0 aliphatic carbocycles. The molecule has 0 radical (unpaired) electrons. The molecule has 0 saturated heterocycles. The fourth-order valence-electron chi connectivity index (χ4n) is 3.14. The first-order valence-electron chi connectivity index (χ1n) is 6.80. The molecule has 1 aromatic carbocycles. The quantitative estimate of drug-likeness (QED) is 0.596. The Morgan fingerprint density at radius 2 is 2.15 bits per heavy atom. The maximum absolute atomic E-state index is 4.72. The van der Waals surface area contributed by atoms with E-state index in [-0.39, 0.29) is 12.4 Å². The van der Waals surface area contributed by atoms with E-state index in [2.05, 4.69) is 46.1 Å². The van der Waals surface area contributed by atoms with Gasteiger partial charge in [-0.15, -0.1) is 4.98 Å². The van der Waals surface area contributed by atoms with Gasteiger partial charge in [-0.1, -0.05) is 12.1 Å². The van der Waals surface area contributed by atoms with Crippen LogP contribution in [-0.2, 0) is 13.0 Å². The molecule has 104 valence electrons. The monoisotopic (exact) mass is 288 g/mol. The highest BCUT2D eigenvalue weighted by Gasteiger charge is 2.31. The molecule has 0 spiro atoms. The molecule has 0 bridgehead atoms. The molecule has 4 rings (SSSR count). The Balaban J connectivity index is 0.00000121. The van der Waals surface area contributed by atoms with E-state index in [4.69, 9.17) is 4.98 Å². The van der Waals surface area contributed by atoms with Crippen molar-refractivity contribution >= 4 is 11.5 Å². The minimum absolute atomic E-state index is 0.